The molecule has 2 atom stereocenters. The van der Waals surface area contributed by atoms with Crippen LogP contribution >= 0.6 is 0 Å². The number of benzene rings is 1. The van der Waals surface area contributed by atoms with Gasteiger partial charge in [0, 0.05) is 37.8 Å². The lowest BCUT2D eigenvalue weighted by Gasteiger charge is -2.43. The van der Waals surface area contributed by atoms with Crippen molar-refractivity contribution in [1.82, 2.24) is 20.4 Å². The number of anilines is 2. The Labute approximate surface area is 156 Å². The first-order valence-electron chi connectivity index (χ1n) is 8.89. The summed E-state index contributed by atoms with van der Waals surface area (Å²) in [7, 11) is 1.76. The fourth-order valence-electron chi connectivity index (χ4n) is 4.08. The molecule has 1 aromatic heterocycles. The van der Waals surface area contributed by atoms with Crippen LogP contribution in [0.1, 0.15) is 12.8 Å². The molecule has 27 heavy (non-hydrogen) atoms. The van der Waals surface area contributed by atoms with Crippen molar-refractivity contribution in [2.75, 3.05) is 30.8 Å². The van der Waals surface area contributed by atoms with E-state index in [1.54, 1.807) is 13.1 Å². The van der Waals surface area contributed by atoms with Crippen LogP contribution in [0.25, 0.3) is 11.3 Å². The van der Waals surface area contributed by atoms with Gasteiger partial charge in [-0.3, -0.25) is 5.41 Å². The highest BCUT2D eigenvalue weighted by molar-refractivity contribution is 5.79. The van der Waals surface area contributed by atoms with Crippen molar-refractivity contribution in [1.29, 1.82) is 5.41 Å². The molecule has 0 unspecified atom stereocenters. The molecule has 1 aromatic carbocycles. The maximum atomic E-state index is 13.6. The van der Waals surface area contributed by atoms with Gasteiger partial charge in [0.05, 0.1) is 11.4 Å². The fraction of sp³-hybridized carbons (Fsp3) is 0.389. The zero-order chi connectivity index (χ0) is 19.1. The van der Waals surface area contributed by atoms with Gasteiger partial charge < -0.3 is 26.0 Å². The Morgan fingerprint density at radius 3 is 2.63 bits per heavy atom. The summed E-state index contributed by atoms with van der Waals surface area (Å²) >= 11 is 0. The summed E-state index contributed by atoms with van der Waals surface area (Å²) < 4.78 is 13.6. The number of guanidine groups is 1. The molecule has 2 aliphatic heterocycles. The third kappa shape index (κ3) is 2.98. The second kappa shape index (κ2) is 6.57. The lowest BCUT2D eigenvalue weighted by atomic mass is 10.1. The first kappa shape index (κ1) is 17.3. The number of hydrogen-bond donors (Lipinski definition) is 4. The quantitative estimate of drug-likeness (QED) is 0.466. The van der Waals surface area contributed by atoms with Crippen molar-refractivity contribution in [3.8, 4) is 17.0 Å². The second-order valence-electron chi connectivity index (χ2n) is 6.96. The van der Waals surface area contributed by atoms with Gasteiger partial charge in [0.15, 0.2) is 11.8 Å². The van der Waals surface area contributed by atoms with Crippen LogP contribution in [0.5, 0.6) is 5.75 Å². The van der Waals surface area contributed by atoms with Gasteiger partial charge in [0.25, 0.3) is 0 Å². The lowest BCUT2D eigenvalue weighted by Crippen LogP contribution is -2.58. The summed E-state index contributed by atoms with van der Waals surface area (Å²) in [5.41, 5.74) is 7.45. The maximum absolute atomic E-state index is 13.6. The van der Waals surface area contributed by atoms with Gasteiger partial charge in [-0.2, -0.15) is 0 Å². The minimum Gasteiger partial charge on any atom is -0.507 e. The highest BCUT2D eigenvalue weighted by Crippen LogP contribution is 2.36. The van der Waals surface area contributed by atoms with Crippen molar-refractivity contribution in [3.05, 3.63) is 30.1 Å². The summed E-state index contributed by atoms with van der Waals surface area (Å²) in [5.74, 6) is 0.216. The van der Waals surface area contributed by atoms with E-state index in [2.05, 4.69) is 25.3 Å². The number of nitrogens with one attached hydrogen (secondary N) is 2. The molecule has 4 rings (SSSR count). The van der Waals surface area contributed by atoms with E-state index in [0.29, 0.717) is 30.6 Å². The zero-order valence-corrected chi connectivity index (χ0v) is 15.0. The molecule has 2 saturated heterocycles. The normalized spacial score (nSPS) is 21.4. The Morgan fingerprint density at radius 1 is 1.26 bits per heavy atom. The molecule has 3 heterocycles. The predicted octanol–water partition coefficient (Wildman–Crippen LogP) is 1.38. The van der Waals surface area contributed by atoms with Gasteiger partial charge in [-0.15, -0.1) is 10.2 Å². The van der Waals surface area contributed by atoms with Crippen LogP contribution in [0.2, 0.25) is 0 Å². The molecular formula is C18H22FN7O. The largest absolute Gasteiger partial charge is 0.507 e. The molecule has 0 radical (unpaired) electrons. The average Bonchev–Trinajstić information content (AvgIpc) is 2.93. The molecule has 2 aliphatic rings. The number of nitrogens with two attached hydrogens (primary N) is 1. The highest BCUT2D eigenvalue weighted by Gasteiger charge is 2.41. The maximum Gasteiger partial charge on any atom is 0.191 e. The molecule has 8 nitrogen and oxygen atoms in total. The molecule has 2 bridgehead atoms. The lowest BCUT2D eigenvalue weighted by molar-refractivity contribution is 0.267. The highest BCUT2D eigenvalue weighted by atomic mass is 19.1. The third-order valence-electron chi connectivity index (χ3n) is 5.35. The van der Waals surface area contributed by atoms with Crippen molar-refractivity contribution in [2.45, 2.75) is 24.9 Å². The summed E-state index contributed by atoms with van der Waals surface area (Å²) in [6.07, 6.45) is 2.03. The Hall–Kier alpha value is -3.10. The molecule has 0 saturated carbocycles. The van der Waals surface area contributed by atoms with Crippen molar-refractivity contribution in [2.24, 2.45) is 0 Å². The second-order valence-corrected chi connectivity index (χ2v) is 6.96. The van der Waals surface area contributed by atoms with Gasteiger partial charge in [0.1, 0.15) is 11.6 Å². The minimum absolute atomic E-state index is 0.0613. The molecule has 0 aliphatic carbocycles. The number of hydrogen-bond acceptors (Lipinski definition) is 6. The van der Waals surface area contributed by atoms with E-state index in [0.717, 1.165) is 18.5 Å². The number of nitrogen functional groups attached to an aromatic ring is 1. The molecular weight excluding hydrogens is 349 g/mol. The van der Waals surface area contributed by atoms with E-state index in [-0.39, 0.29) is 23.4 Å². The fourth-order valence-corrected chi connectivity index (χ4v) is 4.08. The van der Waals surface area contributed by atoms with Gasteiger partial charge in [-0.05, 0) is 37.1 Å². The van der Waals surface area contributed by atoms with E-state index >= 15 is 0 Å². The van der Waals surface area contributed by atoms with E-state index in [1.807, 2.05) is 0 Å². The third-order valence-corrected chi connectivity index (χ3v) is 5.35. The van der Waals surface area contributed by atoms with Crippen LogP contribution in [-0.4, -0.2) is 58.4 Å². The minimum atomic E-state index is -0.458. The van der Waals surface area contributed by atoms with Crippen LogP contribution in [0.3, 0.4) is 0 Å². The summed E-state index contributed by atoms with van der Waals surface area (Å²) in [5, 5.41) is 29.2. The number of phenolic OH excluding ortho intramolecular Hbond substituents is 1. The van der Waals surface area contributed by atoms with Crippen molar-refractivity contribution < 1.29 is 9.50 Å². The molecule has 142 valence electrons. The monoisotopic (exact) mass is 371 g/mol. The van der Waals surface area contributed by atoms with E-state index in [9.17, 15) is 9.50 Å². The Kier molecular flexibility index (Phi) is 4.21. The Morgan fingerprint density at radius 2 is 1.96 bits per heavy atom. The number of aromatic hydroxyl groups is 1. The summed E-state index contributed by atoms with van der Waals surface area (Å²) in [6.45, 7) is 1.43. The number of halogens is 1. The predicted molar refractivity (Wildman–Crippen MR) is 101 cm³/mol. The van der Waals surface area contributed by atoms with Crippen LogP contribution in [0.4, 0.5) is 15.9 Å². The van der Waals surface area contributed by atoms with Crippen LogP contribution < -0.4 is 16.0 Å². The molecule has 0 amide bonds. The van der Waals surface area contributed by atoms with E-state index in [1.165, 1.54) is 18.2 Å². The number of piperazine rings is 1. The van der Waals surface area contributed by atoms with Crippen molar-refractivity contribution >= 4 is 17.5 Å². The molecule has 2 aromatic rings. The number of phenols is 1. The number of fused-ring (bicyclic) bond motifs is 2. The smallest absolute Gasteiger partial charge is 0.191 e. The SMILES string of the molecule is CNC(=N)N1[C@@H]2CC[C@H]1CN(c1cc(-c3cc(F)ccc3O)nnc1N)C2. The molecule has 9 heteroatoms. The van der Waals surface area contributed by atoms with E-state index in [4.69, 9.17) is 11.1 Å². The zero-order valence-electron chi connectivity index (χ0n) is 15.0. The van der Waals surface area contributed by atoms with Gasteiger partial charge in [-0.1, -0.05) is 0 Å². The number of rotatable bonds is 2. The molecule has 0 spiro atoms. The number of nitrogens with zero attached hydrogens (tertiary/aromatic N) is 4. The van der Waals surface area contributed by atoms with Gasteiger partial charge >= 0.3 is 0 Å². The number of aromatic nitrogens is 2. The molecule has 2 fully saturated rings. The van der Waals surface area contributed by atoms with Crippen molar-refractivity contribution in [3.63, 3.8) is 0 Å². The van der Waals surface area contributed by atoms with Crippen LogP contribution in [-0.2, 0) is 0 Å². The molecule has 5 N–H and O–H groups in total. The van der Waals surface area contributed by atoms with Crippen LogP contribution in [0.15, 0.2) is 24.3 Å². The van der Waals surface area contributed by atoms with Gasteiger partial charge in [0.2, 0.25) is 0 Å². The Balaban J connectivity index is 1.66. The first-order chi connectivity index (χ1) is 13.0. The Bertz CT molecular complexity index is 876. The van der Waals surface area contributed by atoms with Crippen LogP contribution in [0, 0.1) is 11.2 Å². The summed E-state index contributed by atoms with van der Waals surface area (Å²) in [4.78, 5) is 4.27. The first-order valence-corrected chi connectivity index (χ1v) is 8.89. The average molecular weight is 371 g/mol. The standard InChI is InChI=1S/C18H22FN7O/c1-22-18(21)26-11-3-4-12(26)9-25(8-11)15-7-14(23-24-17(15)20)13-6-10(19)2-5-16(13)27/h2,5-7,11-12,27H,3-4,8-9H2,1H3,(H2,20,24)(H2,21,22)/t11-,12+. The van der Waals surface area contributed by atoms with E-state index < -0.39 is 5.82 Å². The van der Waals surface area contributed by atoms with Gasteiger partial charge in [-0.25, -0.2) is 4.39 Å². The summed E-state index contributed by atoms with van der Waals surface area (Å²) in [6, 6.07) is 5.91. The topological polar surface area (TPSA) is 114 Å².